The van der Waals surface area contributed by atoms with E-state index in [0.29, 0.717) is 24.7 Å². The molecule has 0 saturated carbocycles. The van der Waals surface area contributed by atoms with Crippen LogP contribution < -0.4 is 0 Å². The molecule has 1 heterocycles. The quantitative estimate of drug-likeness (QED) is 0.524. The molecule has 0 spiro atoms. The predicted octanol–water partition coefficient (Wildman–Crippen LogP) is 1.78. The number of halogens is 1. The molecule has 0 N–H and O–H groups in total. The Kier molecular flexibility index (Phi) is 4.78. The molecule has 0 atom stereocenters. The highest BCUT2D eigenvalue weighted by Gasteiger charge is 2.03. The maximum Gasteiger partial charge on any atom is 0.241 e. The van der Waals surface area contributed by atoms with Crippen molar-refractivity contribution in [2.45, 2.75) is 25.6 Å². The van der Waals surface area contributed by atoms with Crippen molar-refractivity contribution in [3.63, 3.8) is 0 Å². The lowest BCUT2D eigenvalue weighted by Gasteiger charge is -1.97. The Morgan fingerprint density at radius 1 is 1.46 bits per heavy atom. The van der Waals surface area contributed by atoms with Crippen LogP contribution in [0.15, 0.2) is 4.52 Å². The summed E-state index contributed by atoms with van der Waals surface area (Å²) < 4.78 is 10.1. The van der Waals surface area contributed by atoms with Gasteiger partial charge in [-0.25, -0.2) is 0 Å². The fraction of sp³-hybridized carbons (Fsp3) is 0.750. The van der Waals surface area contributed by atoms with E-state index < -0.39 is 0 Å². The third kappa shape index (κ3) is 3.74. The summed E-state index contributed by atoms with van der Waals surface area (Å²) >= 11 is 5.50. The zero-order chi connectivity index (χ0) is 9.52. The Hall–Kier alpha value is -0.610. The summed E-state index contributed by atoms with van der Waals surface area (Å²) in [6, 6.07) is 0. The fourth-order valence-corrected chi connectivity index (χ4v) is 0.964. The van der Waals surface area contributed by atoms with Crippen molar-refractivity contribution >= 4 is 11.6 Å². The molecule has 0 aliphatic heterocycles. The molecule has 0 fully saturated rings. The van der Waals surface area contributed by atoms with Crippen LogP contribution in [-0.2, 0) is 17.0 Å². The topological polar surface area (TPSA) is 48.2 Å². The normalized spacial score (nSPS) is 10.6. The summed E-state index contributed by atoms with van der Waals surface area (Å²) in [5, 5.41) is 3.73. The second-order valence-electron chi connectivity index (χ2n) is 2.60. The van der Waals surface area contributed by atoms with Crippen LogP contribution in [0.3, 0.4) is 0 Å². The highest BCUT2D eigenvalue weighted by atomic mass is 35.5. The molecule has 0 bridgehead atoms. The second-order valence-corrected chi connectivity index (χ2v) is 2.87. The molecule has 0 unspecified atom stereocenters. The summed E-state index contributed by atoms with van der Waals surface area (Å²) in [7, 11) is 0. The van der Waals surface area contributed by atoms with Gasteiger partial charge in [0.25, 0.3) is 0 Å². The van der Waals surface area contributed by atoms with Gasteiger partial charge in [-0.15, -0.1) is 11.6 Å². The van der Waals surface area contributed by atoms with Crippen LogP contribution in [0.25, 0.3) is 0 Å². The molecule has 0 aliphatic carbocycles. The lowest BCUT2D eigenvalue weighted by molar-refractivity contribution is 0.136. The molecule has 1 aromatic heterocycles. The Labute approximate surface area is 82.2 Å². The molecule has 13 heavy (non-hydrogen) atoms. The number of nitrogens with zero attached hydrogens (tertiary/aromatic N) is 2. The summed E-state index contributed by atoms with van der Waals surface area (Å²) in [4.78, 5) is 4.04. The Balaban J connectivity index is 2.20. The van der Waals surface area contributed by atoms with Gasteiger partial charge in [-0.1, -0.05) is 12.1 Å². The zero-order valence-electron chi connectivity index (χ0n) is 7.62. The number of ether oxygens (including phenoxy) is 1. The third-order valence-electron chi connectivity index (χ3n) is 1.44. The van der Waals surface area contributed by atoms with E-state index in [-0.39, 0.29) is 5.88 Å². The summed E-state index contributed by atoms with van der Waals surface area (Å²) in [6.45, 7) is 3.48. The van der Waals surface area contributed by atoms with Crippen molar-refractivity contribution in [3.8, 4) is 0 Å². The highest BCUT2D eigenvalue weighted by molar-refractivity contribution is 6.16. The van der Waals surface area contributed by atoms with E-state index in [9.17, 15) is 0 Å². The van der Waals surface area contributed by atoms with Crippen LogP contribution in [0.2, 0.25) is 0 Å². The van der Waals surface area contributed by atoms with E-state index in [0.717, 1.165) is 13.0 Å². The number of hydrogen-bond acceptors (Lipinski definition) is 4. The van der Waals surface area contributed by atoms with Crippen molar-refractivity contribution in [3.05, 3.63) is 11.7 Å². The second kappa shape index (κ2) is 5.94. The Morgan fingerprint density at radius 3 is 2.92 bits per heavy atom. The van der Waals surface area contributed by atoms with Gasteiger partial charge in [0.05, 0.1) is 6.61 Å². The van der Waals surface area contributed by atoms with Crippen LogP contribution in [0.5, 0.6) is 0 Å². The van der Waals surface area contributed by atoms with Gasteiger partial charge in [0.1, 0.15) is 5.88 Å². The predicted molar refractivity (Wildman–Crippen MR) is 48.7 cm³/mol. The molecule has 4 nitrogen and oxygen atoms in total. The molecule has 1 rings (SSSR count). The van der Waals surface area contributed by atoms with Crippen LogP contribution in [-0.4, -0.2) is 23.4 Å². The van der Waals surface area contributed by atoms with Crippen molar-refractivity contribution in [1.82, 2.24) is 10.1 Å². The number of rotatable bonds is 6. The fourth-order valence-electron chi connectivity index (χ4n) is 0.856. The monoisotopic (exact) mass is 204 g/mol. The molecule has 1 aromatic rings. The van der Waals surface area contributed by atoms with Gasteiger partial charge < -0.3 is 9.26 Å². The first-order valence-electron chi connectivity index (χ1n) is 4.32. The Morgan fingerprint density at radius 2 is 2.31 bits per heavy atom. The number of hydrogen-bond donors (Lipinski definition) is 0. The van der Waals surface area contributed by atoms with Crippen molar-refractivity contribution in [2.75, 3.05) is 13.2 Å². The molecule has 0 aliphatic rings. The van der Waals surface area contributed by atoms with E-state index in [4.69, 9.17) is 20.9 Å². The minimum Gasteiger partial charge on any atom is -0.381 e. The zero-order valence-corrected chi connectivity index (χ0v) is 8.38. The number of alkyl halides is 1. The van der Waals surface area contributed by atoms with Gasteiger partial charge in [-0.05, 0) is 6.42 Å². The standard InChI is InChI=1S/C8H13ClN2O2/c1-2-4-12-5-3-7-10-8(6-9)13-11-7/h2-6H2,1H3. The first-order chi connectivity index (χ1) is 6.36. The van der Waals surface area contributed by atoms with Gasteiger partial charge >= 0.3 is 0 Å². The third-order valence-corrected chi connectivity index (χ3v) is 1.67. The van der Waals surface area contributed by atoms with Crippen molar-refractivity contribution in [1.29, 1.82) is 0 Å². The summed E-state index contributed by atoms with van der Waals surface area (Å²) in [5.41, 5.74) is 0. The smallest absolute Gasteiger partial charge is 0.241 e. The van der Waals surface area contributed by atoms with E-state index in [2.05, 4.69) is 17.1 Å². The lowest BCUT2D eigenvalue weighted by Crippen LogP contribution is -2.00. The SMILES string of the molecule is CCCOCCc1noc(CCl)n1. The molecule has 0 radical (unpaired) electrons. The summed E-state index contributed by atoms with van der Waals surface area (Å²) in [6.07, 6.45) is 1.71. The first-order valence-corrected chi connectivity index (χ1v) is 4.85. The van der Waals surface area contributed by atoms with E-state index >= 15 is 0 Å². The van der Waals surface area contributed by atoms with Gasteiger partial charge in [-0.2, -0.15) is 4.98 Å². The average molecular weight is 205 g/mol. The maximum absolute atomic E-state index is 5.50. The molecule has 74 valence electrons. The Bertz CT molecular complexity index is 240. The van der Waals surface area contributed by atoms with E-state index in [1.54, 1.807) is 0 Å². The van der Waals surface area contributed by atoms with Crippen LogP contribution in [0, 0.1) is 0 Å². The minimum absolute atomic E-state index is 0.267. The van der Waals surface area contributed by atoms with Gasteiger partial charge in [-0.3, -0.25) is 0 Å². The average Bonchev–Trinajstić information content (AvgIpc) is 2.60. The van der Waals surface area contributed by atoms with Crippen LogP contribution in [0.4, 0.5) is 0 Å². The molecule has 0 aromatic carbocycles. The van der Waals surface area contributed by atoms with E-state index in [1.165, 1.54) is 0 Å². The molecule has 0 saturated heterocycles. The van der Waals surface area contributed by atoms with Gasteiger partial charge in [0.2, 0.25) is 5.89 Å². The minimum atomic E-state index is 0.267. The maximum atomic E-state index is 5.50. The van der Waals surface area contributed by atoms with Crippen LogP contribution >= 0.6 is 11.6 Å². The van der Waals surface area contributed by atoms with Crippen LogP contribution in [0.1, 0.15) is 25.1 Å². The van der Waals surface area contributed by atoms with Crippen molar-refractivity contribution in [2.24, 2.45) is 0 Å². The summed E-state index contributed by atoms with van der Waals surface area (Å²) in [5.74, 6) is 1.39. The molecular weight excluding hydrogens is 192 g/mol. The lowest BCUT2D eigenvalue weighted by atomic mass is 10.4. The van der Waals surface area contributed by atoms with Crippen molar-refractivity contribution < 1.29 is 9.26 Å². The van der Waals surface area contributed by atoms with Gasteiger partial charge in [0, 0.05) is 13.0 Å². The largest absolute Gasteiger partial charge is 0.381 e. The first kappa shape index (κ1) is 10.5. The van der Waals surface area contributed by atoms with E-state index in [1.807, 2.05) is 0 Å². The highest BCUT2D eigenvalue weighted by Crippen LogP contribution is 2.01. The molecule has 0 amide bonds. The molecular formula is C8H13ClN2O2. The number of aromatic nitrogens is 2. The molecule has 5 heteroatoms. The van der Waals surface area contributed by atoms with Gasteiger partial charge in [0.15, 0.2) is 5.82 Å².